The van der Waals surface area contributed by atoms with Crippen molar-refractivity contribution in [2.24, 2.45) is 0 Å². The molecule has 1 amide bonds. The molecular weight excluding hydrogens is 392 g/mol. The van der Waals surface area contributed by atoms with Crippen LogP contribution in [0.3, 0.4) is 0 Å². The summed E-state index contributed by atoms with van der Waals surface area (Å²) in [7, 11) is 0. The highest BCUT2D eigenvalue weighted by atomic mass is 16.7. The van der Waals surface area contributed by atoms with E-state index >= 15 is 0 Å². The molecule has 9 nitrogen and oxygen atoms in total. The molecular formula is C21H22N2O7. The Morgan fingerprint density at radius 1 is 0.900 bits per heavy atom. The number of aliphatic carboxylic acids is 2. The predicted molar refractivity (Wildman–Crippen MR) is 105 cm³/mol. The summed E-state index contributed by atoms with van der Waals surface area (Å²) in [5.41, 5.74) is 1.51. The highest BCUT2D eigenvalue weighted by Gasteiger charge is 2.27. The van der Waals surface area contributed by atoms with Crippen molar-refractivity contribution >= 4 is 17.8 Å². The second-order valence-electron chi connectivity index (χ2n) is 6.80. The van der Waals surface area contributed by atoms with Crippen LogP contribution in [0.5, 0.6) is 11.5 Å². The number of amides is 1. The van der Waals surface area contributed by atoms with Gasteiger partial charge in [-0.15, -0.1) is 0 Å². The van der Waals surface area contributed by atoms with Gasteiger partial charge in [-0.25, -0.2) is 0 Å². The van der Waals surface area contributed by atoms with Crippen molar-refractivity contribution in [2.75, 3.05) is 13.3 Å². The third-order valence-corrected chi connectivity index (χ3v) is 4.59. The molecule has 0 fully saturated rings. The average molecular weight is 414 g/mol. The maximum Gasteiger partial charge on any atom is 0.322 e. The zero-order valence-corrected chi connectivity index (χ0v) is 16.0. The molecule has 0 radical (unpaired) electrons. The first-order chi connectivity index (χ1) is 14.4. The summed E-state index contributed by atoms with van der Waals surface area (Å²) in [5.74, 6) is -1.78. The van der Waals surface area contributed by atoms with Gasteiger partial charge in [0, 0.05) is 0 Å². The third-order valence-electron chi connectivity index (χ3n) is 4.59. The molecule has 0 spiro atoms. The highest BCUT2D eigenvalue weighted by molar-refractivity contribution is 5.86. The van der Waals surface area contributed by atoms with Gasteiger partial charge < -0.3 is 25.0 Å². The van der Waals surface area contributed by atoms with Gasteiger partial charge in [0.15, 0.2) is 11.5 Å². The number of fused-ring (bicyclic) bond motifs is 1. The molecule has 0 aromatic heterocycles. The number of carbonyl (C=O) groups excluding carboxylic acids is 1. The summed E-state index contributed by atoms with van der Waals surface area (Å²) in [6, 6.07) is 12.2. The van der Waals surface area contributed by atoms with E-state index in [1.165, 1.54) is 0 Å². The van der Waals surface area contributed by atoms with Gasteiger partial charge in [-0.3, -0.25) is 19.7 Å². The highest BCUT2D eigenvalue weighted by Crippen LogP contribution is 2.32. The molecule has 3 rings (SSSR count). The number of hydrogen-bond donors (Lipinski definition) is 4. The molecule has 2 aromatic rings. The SMILES string of the molecule is O=C(O)CNC(=O)[C@H](Cc1ccc2c(c1)OCO2)NC(Cc1ccccc1)C(=O)O. The van der Waals surface area contributed by atoms with Crippen molar-refractivity contribution in [3.63, 3.8) is 0 Å². The van der Waals surface area contributed by atoms with Gasteiger partial charge >= 0.3 is 11.9 Å². The molecule has 30 heavy (non-hydrogen) atoms. The zero-order valence-electron chi connectivity index (χ0n) is 16.0. The van der Waals surface area contributed by atoms with Gasteiger partial charge in [-0.05, 0) is 36.1 Å². The van der Waals surface area contributed by atoms with Gasteiger partial charge in [0.2, 0.25) is 12.7 Å². The van der Waals surface area contributed by atoms with Crippen LogP contribution in [0.15, 0.2) is 48.5 Å². The molecule has 2 aromatic carbocycles. The molecule has 1 aliphatic rings. The zero-order chi connectivity index (χ0) is 21.5. The first kappa shape index (κ1) is 21.1. The Labute approximate surface area is 172 Å². The van der Waals surface area contributed by atoms with E-state index in [9.17, 15) is 19.5 Å². The Balaban J connectivity index is 1.77. The molecule has 0 bridgehead atoms. The van der Waals surface area contributed by atoms with Crippen LogP contribution in [-0.2, 0) is 27.2 Å². The molecule has 1 unspecified atom stereocenters. The van der Waals surface area contributed by atoms with Crippen LogP contribution in [0.4, 0.5) is 0 Å². The number of rotatable bonds is 10. The first-order valence-corrected chi connectivity index (χ1v) is 9.33. The summed E-state index contributed by atoms with van der Waals surface area (Å²) in [6.45, 7) is -0.452. The Hall–Kier alpha value is -3.59. The number of carbonyl (C=O) groups is 3. The topological polar surface area (TPSA) is 134 Å². The third kappa shape index (κ3) is 5.71. The number of hydrogen-bond acceptors (Lipinski definition) is 6. The Morgan fingerprint density at radius 2 is 1.60 bits per heavy atom. The Kier molecular flexibility index (Phi) is 6.87. The molecule has 0 aliphatic carbocycles. The van der Waals surface area contributed by atoms with Crippen molar-refractivity contribution in [3.05, 3.63) is 59.7 Å². The van der Waals surface area contributed by atoms with Crippen molar-refractivity contribution in [2.45, 2.75) is 24.9 Å². The van der Waals surface area contributed by atoms with Gasteiger partial charge in [0.25, 0.3) is 0 Å². The van der Waals surface area contributed by atoms with Gasteiger partial charge in [-0.1, -0.05) is 36.4 Å². The van der Waals surface area contributed by atoms with Crippen LogP contribution < -0.4 is 20.1 Å². The lowest BCUT2D eigenvalue weighted by atomic mass is 10.0. The minimum atomic E-state index is -1.19. The van der Waals surface area contributed by atoms with E-state index < -0.39 is 36.5 Å². The van der Waals surface area contributed by atoms with E-state index in [-0.39, 0.29) is 19.6 Å². The first-order valence-electron chi connectivity index (χ1n) is 9.33. The fraction of sp³-hybridized carbons (Fsp3) is 0.286. The fourth-order valence-electron chi connectivity index (χ4n) is 3.13. The lowest BCUT2D eigenvalue weighted by Gasteiger charge is -2.23. The number of carboxylic acids is 2. The van der Waals surface area contributed by atoms with Crippen molar-refractivity contribution in [1.29, 1.82) is 0 Å². The standard InChI is InChI=1S/C21H22N2O7/c24-19(25)11-22-20(26)15(9-14-6-7-17-18(10-14)30-12-29-17)23-16(21(27)28)8-13-4-2-1-3-5-13/h1-7,10,15-16,23H,8-9,11-12H2,(H,22,26)(H,24,25)(H,27,28)/t15-,16?/m0/s1. The van der Waals surface area contributed by atoms with Gasteiger partial charge in [-0.2, -0.15) is 0 Å². The van der Waals surface area contributed by atoms with Crippen LogP contribution >= 0.6 is 0 Å². The summed E-state index contributed by atoms with van der Waals surface area (Å²) in [5, 5.41) is 23.7. The Bertz CT molecular complexity index is 917. The van der Waals surface area contributed by atoms with Gasteiger partial charge in [0.05, 0.1) is 6.04 Å². The molecule has 158 valence electrons. The summed E-state index contributed by atoms with van der Waals surface area (Å²) in [6.07, 6.45) is 0.306. The van der Waals surface area contributed by atoms with Crippen LogP contribution in [-0.4, -0.2) is 53.5 Å². The molecule has 1 heterocycles. The minimum Gasteiger partial charge on any atom is -0.480 e. The van der Waals surface area contributed by atoms with E-state index in [4.69, 9.17) is 14.6 Å². The lowest BCUT2D eigenvalue weighted by molar-refractivity contribution is -0.141. The number of ether oxygens (including phenoxy) is 2. The van der Waals surface area contributed by atoms with Crippen LogP contribution in [0, 0.1) is 0 Å². The van der Waals surface area contributed by atoms with Crippen LogP contribution in [0.25, 0.3) is 0 Å². The number of carboxylic acid groups (broad SMARTS) is 2. The fourth-order valence-corrected chi connectivity index (χ4v) is 3.13. The van der Waals surface area contributed by atoms with E-state index in [0.717, 1.165) is 5.56 Å². The smallest absolute Gasteiger partial charge is 0.322 e. The molecule has 4 N–H and O–H groups in total. The number of nitrogens with one attached hydrogen (secondary N) is 2. The monoisotopic (exact) mass is 414 g/mol. The number of benzene rings is 2. The maximum absolute atomic E-state index is 12.6. The molecule has 2 atom stereocenters. The van der Waals surface area contributed by atoms with E-state index in [0.29, 0.717) is 17.1 Å². The predicted octanol–water partition coefficient (Wildman–Crippen LogP) is 0.813. The van der Waals surface area contributed by atoms with Gasteiger partial charge in [0.1, 0.15) is 12.6 Å². The summed E-state index contributed by atoms with van der Waals surface area (Å²) in [4.78, 5) is 35.2. The molecule has 9 heteroatoms. The molecule has 0 saturated heterocycles. The summed E-state index contributed by atoms with van der Waals surface area (Å²) < 4.78 is 10.6. The van der Waals surface area contributed by atoms with E-state index in [1.54, 1.807) is 42.5 Å². The van der Waals surface area contributed by atoms with Crippen molar-refractivity contribution in [3.8, 4) is 11.5 Å². The maximum atomic E-state index is 12.6. The lowest BCUT2D eigenvalue weighted by Crippen LogP contribution is -2.53. The normalized spacial score (nSPS) is 14.0. The van der Waals surface area contributed by atoms with Crippen molar-refractivity contribution in [1.82, 2.24) is 10.6 Å². The Morgan fingerprint density at radius 3 is 2.30 bits per heavy atom. The summed E-state index contributed by atoms with van der Waals surface area (Å²) >= 11 is 0. The quantitative estimate of drug-likeness (QED) is 0.449. The second-order valence-corrected chi connectivity index (χ2v) is 6.80. The van der Waals surface area contributed by atoms with Crippen LogP contribution in [0.2, 0.25) is 0 Å². The van der Waals surface area contributed by atoms with Crippen LogP contribution in [0.1, 0.15) is 11.1 Å². The minimum absolute atomic E-state index is 0.109. The average Bonchev–Trinajstić information content (AvgIpc) is 3.19. The second kappa shape index (κ2) is 9.75. The molecule has 1 aliphatic heterocycles. The van der Waals surface area contributed by atoms with E-state index in [2.05, 4.69) is 10.6 Å². The largest absolute Gasteiger partial charge is 0.480 e. The molecule has 0 saturated carbocycles. The van der Waals surface area contributed by atoms with E-state index in [1.807, 2.05) is 6.07 Å². The van der Waals surface area contributed by atoms with Crippen molar-refractivity contribution < 1.29 is 34.1 Å².